The van der Waals surface area contributed by atoms with Gasteiger partial charge < -0.3 is 9.39 Å². The van der Waals surface area contributed by atoms with Gasteiger partial charge in [-0.25, -0.2) is 4.79 Å². The molecule has 0 atom stereocenters. The van der Waals surface area contributed by atoms with Crippen molar-refractivity contribution in [3.63, 3.8) is 0 Å². The fourth-order valence-corrected chi connectivity index (χ4v) is 0. The second kappa shape index (κ2) is 14.0. The van der Waals surface area contributed by atoms with Crippen LogP contribution in [0.5, 0.6) is 0 Å². The minimum absolute atomic E-state index is 0. The van der Waals surface area contributed by atoms with Crippen molar-refractivity contribution in [2.24, 2.45) is 0 Å². The third-order valence-corrected chi connectivity index (χ3v) is 0.301. The Labute approximate surface area is 165 Å². The van der Waals surface area contributed by atoms with Crippen molar-refractivity contribution in [1.82, 2.24) is 0 Å². The predicted octanol–water partition coefficient (Wildman–Crippen LogP) is -8.99. The number of rotatable bonds is 1. The number of aliphatic carboxylic acids is 1. The summed E-state index contributed by atoms with van der Waals surface area (Å²) in [5.41, 5.74) is 0. The van der Waals surface area contributed by atoms with Crippen molar-refractivity contribution in [2.45, 2.75) is 6.92 Å². The number of ketones is 1. The number of Topliss-reactive ketones (excluding diaryl/α,β-unsaturated/α-hetero) is 1. The number of carboxylic acids is 1. The molecule has 0 aliphatic carbocycles. The second-order valence-electron chi connectivity index (χ2n) is 0.861. The Balaban J connectivity index is -0.00000000833. The molecule has 0 bridgehead atoms. The van der Waals surface area contributed by atoms with Gasteiger partial charge >= 0.3 is 138 Å². The fourth-order valence-electron chi connectivity index (χ4n) is 0. The maximum absolute atomic E-state index is 9.54. The first-order valence-corrected chi connectivity index (χ1v) is 1.38. The van der Waals surface area contributed by atoms with E-state index in [-0.39, 0.29) is 137 Å². The average Bonchev–Trinajstić information content (AvgIpc) is 1.36. The summed E-state index contributed by atoms with van der Waals surface area (Å²) in [5.74, 6) is -2.20. The zero-order valence-corrected chi connectivity index (χ0v) is 14.5. The van der Waals surface area contributed by atoms with Crippen LogP contribution in [-0.4, -0.2) is 16.9 Å². The molecule has 0 radical (unpaired) electrons. The van der Waals surface area contributed by atoms with Gasteiger partial charge in [-0.3, -0.25) is 4.79 Å². The summed E-state index contributed by atoms with van der Waals surface area (Å²) in [5, 5.41) is 7.64. The van der Waals surface area contributed by atoms with Crippen LogP contribution in [-0.2, 0) is 9.59 Å². The van der Waals surface area contributed by atoms with E-state index in [2.05, 4.69) is 0 Å². The van der Waals surface area contributed by atoms with E-state index in [1.165, 1.54) is 0 Å². The Morgan fingerprint density at radius 2 is 1.44 bits per heavy atom. The Morgan fingerprint density at radius 3 is 1.44 bits per heavy atom. The molecule has 6 heteroatoms. The summed E-state index contributed by atoms with van der Waals surface area (Å²) < 4.78 is 0. The van der Waals surface area contributed by atoms with Crippen LogP contribution in [0.3, 0.4) is 0 Å². The molecule has 40 valence electrons. The number of carbonyl (C=O) groups is 2. The van der Waals surface area contributed by atoms with Crippen molar-refractivity contribution in [3.05, 3.63) is 0 Å². The van der Waals surface area contributed by atoms with Crippen LogP contribution >= 0.6 is 0 Å². The Bertz CT molecular complexity index is 92.8. The summed E-state index contributed by atoms with van der Waals surface area (Å²) in [6.07, 6.45) is 0. The summed E-state index contributed by atoms with van der Waals surface area (Å²) in [4.78, 5) is 18.9. The van der Waals surface area contributed by atoms with Crippen LogP contribution < -0.4 is 132 Å². The topological polar surface area (TPSA) is 54.4 Å². The van der Waals surface area contributed by atoms with Gasteiger partial charge in [0.05, 0.1) is 0 Å². The average molecular weight is 192 g/mol. The first kappa shape index (κ1) is 22.8. The zero-order valence-electron chi connectivity index (χ0n) is 9.26. The number of hydrogen-bond acceptors (Lipinski definition) is 2. The molecule has 9 heavy (non-hydrogen) atoms. The van der Waals surface area contributed by atoms with Gasteiger partial charge in [0, 0.05) is 6.92 Å². The van der Waals surface area contributed by atoms with Crippen LogP contribution in [0.4, 0.5) is 0 Å². The third kappa shape index (κ3) is 18.4. The molecule has 0 rings (SSSR count). The molecule has 0 amide bonds. The van der Waals surface area contributed by atoms with Gasteiger partial charge in [0.2, 0.25) is 5.78 Å². The molecule has 0 aromatic carbocycles. The molecule has 0 aliphatic rings. The minimum Gasteiger partial charge on any atom is -1.00 e. The molecular weight excluding hydrogens is 185 g/mol. The van der Waals surface area contributed by atoms with Crippen LogP contribution in [0.1, 0.15) is 11.2 Å². The Hall–Kier alpha value is 3.41. The Morgan fingerprint density at radius 1 is 1.33 bits per heavy atom. The molecule has 3 nitrogen and oxygen atoms in total. The standard InChI is InChI=1S/C3H4O3.2K.Na.3H/c1-2(4)3(5)6;;;;;;/h1H3,(H,5,6);;;;;;/q;3*+1;3*-1. The fraction of sp³-hybridized carbons (Fsp3) is 0.333. The molecule has 0 aromatic heterocycles. The van der Waals surface area contributed by atoms with Crippen molar-refractivity contribution in [1.29, 1.82) is 0 Å². The molecule has 0 saturated heterocycles. The van der Waals surface area contributed by atoms with Crippen molar-refractivity contribution < 1.29 is 151 Å². The van der Waals surface area contributed by atoms with Gasteiger partial charge in [0.1, 0.15) is 0 Å². The molecule has 0 heterocycles. The first-order valence-electron chi connectivity index (χ1n) is 1.38. The summed E-state index contributed by atoms with van der Waals surface area (Å²) in [7, 11) is 0. The maximum Gasteiger partial charge on any atom is 1.00 e. The van der Waals surface area contributed by atoms with E-state index >= 15 is 0 Å². The molecule has 0 aliphatic heterocycles. The number of hydrogen-bond donors (Lipinski definition) is 1. The van der Waals surface area contributed by atoms with Gasteiger partial charge in [-0.2, -0.15) is 0 Å². The van der Waals surface area contributed by atoms with E-state index in [0.29, 0.717) is 0 Å². The van der Waals surface area contributed by atoms with Crippen LogP contribution in [0.15, 0.2) is 0 Å². The Kier molecular flexibility index (Phi) is 35.5. The predicted molar refractivity (Wildman–Crippen MR) is 21.7 cm³/mol. The van der Waals surface area contributed by atoms with E-state index in [1.54, 1.807) is 0 Å². The van der Waals surface area contributed by atoms with Crippen LogP contribution in [0.25, 0.3) is 0 Å². The van der Waals surface area contributed by atoms with Crippen molar-refractivity contribution in [3.8, 4) is 0 Å². The SMILES string of the molecule is CC(=O)C(=O)O.[H-].[H-].[H-].[K+].[K+].[Na+]. The molecule has 0 saturated carbocycles. The number of carboxylic acid groups (broad SMARTS) is 1. The largest absolute Gasteiger partial charge is 1.00 e. The molecule has 0 aromatic rings. The van der Waals surface area contributed by atoms with Gasteiger partial charge in [0.15, 0.2) is 0 Å². The smallest absolute Gasteiger partial charge is 1.00 e. The zero-order chi connectivity index (χ0) is 5.15. The number of carbonyl (C=O) groups excluding carboxylic acids is 1. The molecule has 0 spiro atoms. The summed E-state index contributed by atoms with van der Waals surface area (Å²) >= 11 is 0. The van der Waals surface area contributed by atoms with Crippen molar-refractivity contribution in [2.75, 3.05) is 0 Å². The van der Waals surface area contributed by atoms with Gasteiger partial charge in [0.25, 0.3) is 0 Å². The quantitative estimate of drug-likeness (QED) is 0.332. The third-order valence-electron chi connectivity index (χ3n) is 0.301. The van der Waals surface area contributed by atoms with Crippen molar-refractivity contribution >= 4 is 11.8 Å². The maximum atomic E-state index is 9.54. The molecule has 1 N–H and O–H groups in total. The van der Waals surface area contributed by atoms with E-state index in [1.807, 2.05) is 0 Å². The van der Waals surface area contributed by atoms with Gasteiger partial charge in [-0.1, -0.05) is 0 Å². The first-order chi connectivity index (χ1) is 2.64. The summed E-state index contributed by atoms with van der Waals surface area (Å²) in [6.45, 7) is 1.00. The monoisotopic (exact) mass is 192 g/mol. The normalized spacial score (nSPS) is 5.00. The molecular formula is C3H7K2NaO3. The van der Waals surface area contributed by atoms with E-state index < -0.39 is 11.8 Å². The molecule has 0 fully saturated rings. The second-order valence-corrected chi connectivity index (χ2v) is 0.861. The van der Waals surface area contributed by atoms with E-state index in [9.17, 15) is 9.59 Å². The van der Waals surface area contributed by atoms with Gasteiger partial charge in [-0.15, -0.1) is 0 Å². The molecule has 0 unspecified atom stereocenters. The van der Waals surface area contributed by atoms with Gasteiger partial charge in [-0.05, 0) is 0 Å². The summed E-state index contributed by atoms with van der Waals surface area (Å²) in [6, 6.07) is 0. The van der Waals surface area contributed by atoms with Crippen LogP contribution in [0.2, 0.25) is 0 Å². The minimum atomic E-state index is -1.38. The van der Waals surface area contributed by atoms with E-state index in [4.69, 9.17) is 5.11 Å². The van der Waals surface area contributed by atoms with E-state index in [0.717, 1.165) is 6.92 Å². The van der Waals surface area contributed by atoms with Crippen LogP contribution in [0, 0.1) is 0 Å².